The third kappa shape index (κ3) is 5.55. The molecule has 2 heterocycles. The predicted octanol–water partition coefficient (Wildman–Crippen LogP) is 6.88. The highest BCUT2D eigenvalue weighted by molar-refractivity contribution is 6.33. The number of imidazole rings is 1. The number of nitrogens with one attached hydrogen (secondary N) is 2. The Labute approximate surface area is 222 Å². The van der Waals surface area contributed by atoms with Gasteiger partial charge in [-0.05, 0) is 75.2 Å². The zero-order valence-corrected chi connectivity index (χ0v) is 22.3. The van der Waals surface area contributed by atoms with Gasteiger partial charge in [-0.3, -0.25) is 4.79 Å². The van der Waals surface area contributed by atoms with Crippen LogP contribution in [0.25, 0.3) is 22.6 Å². The Balaban J connectivity index is 1.34. The van der Waals surface area contributed by atoms with Crippen LogP contribution in [0.2, 0.25) is 5.02 Å². The Bertz CT molecular complexity index is 1420. The van der Waals surface area contributed by atoms with Crippen LogP contribution in [0, 0.1) is 13.8 Å². The fourth-order valence-corrected chi connectivity index (χ4v) is 5.02. The minimum absolute atomic E-state index is 0.166. The normalized spacial score (nSPS) is 17.6. The molecule has 2 N–H and O–H groups in total. The Kier molecular flexibility index (Phi) is 7.04. The summed E-state index contributed by atoms with van der Waals surface area (Å²) in [4.78, 5) is 23.4. The number of aryl methyl sites for hydroxylation is 2. The van der Waals surface area contributed by atoms with E-state index in [4.69, 9.17) is 16.3 Å². The van der Waals surface area contributed by atoms with Crippen LogP contribution in [-0.4, -0.2) is 41.2 Å². The number of aromatic nitrogens is 2. The highest BCUT2D eigenvalue weighted by Crippen LogP contribution is 2.31. The van der Waals surface area contributed by atoms with Gasteiger partial charge in [0.15, 0.2) is 0 Å². The number of morpholine rings is 1. The molecule has 1 saturated heterocycles. The fraction of sp³-hybridized carbons (Fsp3) is 0.267. The first-order valence-corrected chi connectivity index (χ1v) is 12.9. The van der Waals surface area contributed by atoms with E-state index in [-0.39, 0.29) is 18.1 Å². The molecule has 5 rings (SSSR count). The second-order valence-electron chi connectivity index (χ2n) is 9.82. The number of carbonyl (C=O) groups excluding carboxylic acids is 1. The van der Waals surface area contributed by atoms with Crippen LogP contribution < -0.4 is 10.2 Å². The minimum atomic E-state index is -0.166. The van der Waals surface area contributed by atoms with E-state index in [0.717, 1.165) is 41.2 Å². The number of benzene rings is 3. The molecule has 0 radical (unpaired) electrons. The molecule has 1 aromatic heterocycles. The number of ether oxygens (including phenoxy) is 1. The van der Waals surface area contributed by atoms with Gasteiger partial charge in [-0.15, -0.1) is 0 Å². The number of H-pyrrole nitrogens is 1. The van der Waals surface area contributed by atoms with E-state index in [9.17, 15) is 4.79 Å². The molecular formula is C30H31ClN4O2. The van der Waals surface area contributed by atoms with Crippen molar-refractivity contribution < 1.29 is 9.53 Å². The molecule has 0 bridgehead atoms. The maximum atomic E-state index is 13.2. The van der Waals surface area contributed by atoms with Crippen molar-refractivity contribution in [2.45, 2.75) is 39.9 Å². The van der Waals surface area contributed by atoms with Gasteiger partial charge in [-0.1, -0.05) is 41.4 Å². The number of anilines is 2. The predicted molar refractivity (Wildman–Crippen MR) is 151 cm³/mol. The third-order valence-corrected chi connectivity index (χ3v) is 6.99. The van der Waals surface area contributed by atoms with Crippen LogP contribution in [0.3, 0.4) is 0 Å². The van der Waals surface area contributed by atoms with E-state index in [0.29, 0.717) is 22.1 Å². The molecule has 1 amide bonds. The molecule has 1 fully saturated rings. The lowest BCUT2D eigenvalue weighted by molar-refractivity contribution is -0.00522. The first-order valence-electron chi connectivity index (χ1n) is 12.5. The van der Waals surface area contributed by atoms with Crippen LogP contribution in [0.1, 0.15) is 35.3 Å². The highest BCUT2D eigenvalue weighted by atomic mass is 35.5. The lowest BCUT2D eigenvalue weighted by Gasteiger charge is -2.37. The van der Waals surface area contributed by atoms with Crippen molar-refractivity contribution in [3.05, 3.63) is 88.6 Å². The van der Waals surface area contributed by atoms with Crippen LogP contribution in [0.4, 0.5) is 11.4 Å². The van der Waals surface area contributed by atoms with Gasteiger partial charge >= 0.3 is 0 Å². The number of hydrogen-bond acceptors (Lipinski definition) is 4. The van der Waals surface area contributed by atoms with Crippen molar-refractivity contribution in [2.75, 3.05) is 23.3 Å². The summed E-state index contributed by atoms with van der Waals surface area (Å²) in [6, 6.07) is 19.6. The molecule has 0 spiro atoms. The summed E-state index contributed by atoms with van der Waals surface area (Å²) in [5.74, 6) is 0.479. The molecule has 190 valence electrons. The van der Waals surface area contributed by atoms with Gasteiger partial charge in [0.2, 0.25) is 0 Å². The summed E-state index contributed by atoms with van der Waals surface area (Å²) in [5, 5.41) is 3.57. The quantitative estimate of drug-likeness (QED) is 0.304. The van der Waals surface area contributed by atoms with Crippen LogP contribution in [-0.2, 0) is 4.74 Å². The van der Waals surface area contributed by atoms with Gasteiger partial charge in [0.25, 0.3) is 5.91 Å². The van der Waals surface area contributed by atoms with E-state index in [1.54, 1.807) is 18.3 Å². The smallest absolute Gasteiger partial charge is 0.255 e. The van der Waals surface area contributed by atoms with Crippen molar-refractivity contribution >= 4 is 28.9 Å². The summed E-state index contributed by atoms with van der Waals surface area (Å²) in [7, 11) is 0. The molecule has 4 aromatic rings. The number of amides is 1. The monoisotopic (exact) mass is 514 g/mol. The van der Waals surface area contributed by atoms with Gasteiger partial charge in [0, 0.05) is 35.6 Å². The number of hydrogen-bond donors (Lipinski definition) is 2. The summed E-state index contributed by atoms with van der Waals surface area (Å²) in [5.41, 5.74) is 7.18. The number of nitrogens with zero attached hydrogens (tertiary/aromatic N) is 2. The number of halogens is 1. The molecule has 0 unspecified atom stereocenters. The maximum Gasteiger partial charge on any atom is 0.255 e. The van der Waals surface area contributed by atoms with Crippen molar-refractivity contribution in [3.63, 3.8) is 0 Å². The molecule has 1 aliphatic heterocycles. The van der Waals surface area contributed by atoms with Gasteiger partial charge in [-0.25, -0.2) is 4.98 Å². The van der Waals surface area contributed by atoms with Gasteiger partial charge in [0.05, 0.1) is 29.1 Å². The van der Waals surface area contributed by atoms with Crippen LogP contribution >= 0.6 is 11.6 Å². The highest BCUT2D eigenvalue weighted by Gasteiger charge is 2.23. The number of carbonyl (C=O) groups is 1. The molecule has 7 heteroatoms. The van der Waals surface area contributed by atoms with Crippen molar-refractivity contribution in [1.82, 2.24) is 9.97 Å². The lowest BCUT2D eigenvalue weighted by atomic mass is 10.1. The Morgan fingerprint density at radius 1 is 1.03 bits per heavy atom. The second-order valence-corrected chi connectivity index (χ2v) is 10.2. The molecular weight excluding hydrogens is 484 g/mol. The first kappa shape index (κ1) is 25.1. The third-order valence-electron chi connectivity index (χ3n) is 6.66. The van der Waals surface area contributed by atoms with Gasteiger partial charge < -0.3 is 19.9 Å². The summed E-state index contributed by atoms with van der Waals surface area (Å²) >= 11 is 6.51. The average molecular weight is 515 g/mol. The van der Waals surface area contributed by atoms with E-state index >= 15 is 0 Å². The van der Waals surface area contributed by atoms with E-state index < -0.39 is 0 Å². The zero-order valence-electron chi connectivity index (χ0n) is 21.5. The molecule has 2 atom stereocenters. The Morgan fingerprint density at radius 3 is 2.46 bits per heavy atom. The molecule has 6 nitrogen and oxygen atoms in total. The first-order chi connectivity index (χ1) is 17.8. The number of aromatic amines is 1. The lowest BCUT2D eigenvalue weighted by Crippen LogP contribution is -2.45. The zero-order chi connectivity index (χ0) is 26.1. The molecule has 1 aliphatic rings. The summed E-state index contributed by atoms with van der Waals surface area (Å²) in [6.45, 7) is 9.87. The van der Waals surface area contributed by atoms with Gasteiger partial charge in [0.1, 0.15) is 5.82 Å². The fourth-order valence-electron chi connectivity index (χ4n) is 4.81. The van der Waals surface area contributed by atoms with Crippen molar-refractivity contribution in [2.24, 2.45) is 0 Å². The Hall–Kier alpha value is -3.61. The SMILES string of the molecule is Cc1ccc(-c2cnc(-c3cc(NC(=O)c4ccc(N5C[C@@H](C)O[C@@H](C)C5)cc4C)ccc3Cl)[nH]2)cc1. The van der Waals surface area contributed by atoms with E-state index in [1.807, 2.05) is 25.1 Å². The van der Waals surface area contributed by atoms with Crippen molar-refractivity contribution in [1.29, 1.82) is 0 Å². The molecule has 3 aromatic carbocycles. The minimum Gasteiger partial charge on any atom is -0.372 e. The van der Waals surface area contributed by atoms with Gasteiger partial charge in [-0.2, -0.15) is 0 Å². The summed E-state index contributed by atoms with van der Waals surface area (Å²) < 4.78 is 5.85. The van der Waals surface area contributed by atoms with E-state index in [2.05, 4.69) is 71.3 Å². The second kappa shape index (κ2) is 10.4. The number of rotatable bonds is 5. The van der Waals surface area contributed by atoms with Crippen molar-refractivity contribution in [3.8, 4) is 22.6 Å². The summed E-state index contributed by atoms with van der Waals surface area (Å²) in [6.07, 6.45) is 2.14. The standard InChI is InChI=1S/C30H31ClN4O2/c1-18-5-7-22(8-6-18)28-15-32-29(34-28)26-14-23(9-12-27(26)31)33-30(36)25-11-10-24(13-19(25)2)35-16-20(3)37-21(4)17-35/h5-15,20-21H,16-17H2,1-4H3,(H,32,34)(H,33,36)/t20-,21+. The Morgan fingerprint density at radius 2 is 1.76 bits per heavy atom. The average Bonchev–Trinajstić information content (AvgIpc) is 3.35. The largest absolute Gasteiger partial charge is 0.372 e. The molecule has 37 heavy (non-hydrogen) atoms. The van der Waals surface area contributed by atoms with Crippen LogP contribution in [0.15, 0.2) is 66.9 Å². The maximum absolute atomic E-state index is 13.2. The van der Waals surface area contributed by atoms with E-state index in [1.165, 1.54) is 5.56 Å². The molecule has 0 saturated carbocycles. The van der Waals surface area contributed by atoms with Crippen LogP contribution in [0.5, 0.6) is 0 Å². The molecule has 0 aliphatic carbocycles. The topological polar surface area (TPSA) is 70.2 Å².